The minimum atomic E-state index is -0.282. The van der Waals surface area contributed by atoms with Crippen molar-refractivity contribution in [2.24, 2.45) is 11.7 Å². The van der Waals surface area contributed by atoms with E-state index in [1.807, 2.05) is 60.7 Å². The summed E-state index contributed by atoms with van der Waals surface area (Å²) in [6, 6.07) is 19.8. The molecular formula is C19H16N2O2. The van der Waals surface area contributed by atoms with Crippen LogP contribution in [0.25, 0.3) is 22.6 Å². The van der Waals surface area contributed by atoms with E-state index in [2.05, 4.69) is 4.98 Å². The maximum Gasteiger partial charge on any atom is 0.221 e. The topological polar surface area (TPSA) is 69.1 Å². The van der Waals surface area contributed by atoms with Gasteiger partial charge in [0, 0.05) is 17.0 Å². The van der Waals surface area contributed by atoms with Crippen molar-refractivity contribution in [3.63, 3.8) is 0 Å². The van der Waals surface area contributed by atoms with E-state index in [1.165, 1.54) is 0 Å². The second-order valence-electron chi connectivity index (χ2n) is 5.81. The highest BCUT2D eigenvalue weighted by Gasteiger charge is 2.46. The van der Waals surface area contributed by atoms with E-state index >= 15 is 0 Å². The fraction of sp³-hybridized carbons (Fsp3) is 0.158. The maximum absolute atomic E-state index is 11.3. The molecule has 114 valence electrons. The number of carbonyl (C=O) groups is 1. The molecule has 0 spiro atoms. The zero-order valence-corrected chi connectivity index (χ0v) is 12.5. The van der Waals surface area contributed by atoms with Crippen LogP contribution in [0.1, 0.15) is 18.2 Å². The Bertz CT molecular complexity index is 783. The van der Waals surface area contributed by atoms with Crippen molar-refractivity contribution in [3.05, 3.63) is 66.6 Å². The first kappa shape index (κ1) is 13.8. The molecule has 4 nitrogen and oxygen atoms in total. The smallest absolute Gasteiger partial charge is 0.221 e. The number of hydrogen-bond acceptors (Lipinski definition) is 3. The molecule has 1 aromatic heterocycles. The van der Waals surface area contributed by atoms with E-state index in [9.17, 15) is 4.79 Å². The van der Waals surface area contributed by atoms with E-state index in [0.717, 1.165) is 29.0 Å². The lowest BCUT2D eigenvalue weighted by Crippen LogP contribution is -2.13. The van der Waals surface area contributed by atoms with Crippen molar-refractivity contribution in [2.75, 3.05) is 0 Å². The standard InChI is InChI=1S/C19H16N2O2/c20-18(22)14-11-15(14)19-21-16(12-7-3-1-4-8-12)17(23-19)13-9-5-2-6-10-13/h1-10,14-15H,11H2,(H2,20,22)/t14?,15-/m0/s1. The molecule has 0 bridgehead atoms. The zero-order valence-electron chi connectivity index (χ0n) is 12.5. The Morgan fingerprint density at radius 2 is 1.61 bits per heavy atom. The predicted molar refractivity (Wildman–Crippen MR) is 87.4 cm³/mol. The van der Waals surface area contributed by atoms with E-state index in [-0.39, 0.29) is 17.7 Å². The van der Waals surface area contributed by atoms with Gasteiger partial charge < -0.3 is 10.2 Å². The minimum Gasteiger partial charge on any atom is -0.440 e. The molecule has 2 atom stereocenters. The predicted octanol–water partition coefficient (Wildman–Crippen LogP) is 3.60. The first-order chi connectivity index (χ1) is 11.2. The molecule has 1 amide bonds. The van der Waals surface area contributed by atoms with E-state index in [4.69, 9.17) is 10.2 Å². The monoisotopic (exact) mass is 304 g/mol. The highest BCUT2D eigenvalue weighted by molar-refractivity contribution is 5.81. The van der Waals surface area contributed by atoms with E-state index in [1.54, 1.807) is 0 Å². The lowest BCUT2D eigenvalue weighted by atomic mass is 10.1. The Kier molecular flexibility index (Phi) is 3.23. The lowest BCUT2D eigenvalue weighted by molar-refractivity contribution is -0.119. The normalized spacial score (nSPS) is 19.5. The van der Waals surface area contributed by atoms with Gasteiger partial charge in [-0.1, -0.05) is 60.7 Å². The van der Waals surface area contributed by atoms with Crippen LogP contribution in [-0.2, 0) is 4.79 Å². The number of hydrogen-bond donors (Lipinski definition) is 1. The summed E-state index contributed by atoms with van der Waals surface area (Å²) in [5, 5.41) is 0. The van der Waals surface area contributed by atoms with Gasteiger partial charge in [-0.15, -0.1) is 0 Å². The first-order valence-electron chi connectivity index (χ1n) is 7.65. The van der Waals surface area contributed by atoms with Gasteiger partial charge in [-0.2, -0.15) is 0 Å². The molecule has 2 aromatic carbocycles. The van der Waals surface area contributed by atoms with Crippen LogP contribution in [0.4, 0.5) is 0 Å². The van der Waals surface area contributed by atoms with Gasteiger partial charge in [-0.3, -0.25) is 4.79 Å². The average Bonchev–Trinajstić information content (AvgIpc) is 3.28. The van der Waals surface area contributed by atoms with Crippen LogP contribution >= 0.6 is 0 Å². The van der Waals surface area contributed by atoms with E-state index in [0.29, 0.717) is 5.89 Å². The fourth-order valence-corrected chi connectivity index (χ4v) is 2.85. The lowest BCUT2D eigenvalue weighted by Gasteiger charge is -2.00. The molecule has 4 rings (SSSR count). The summed E-state index contributed by atoms with van der Waals surface area (Å²) in [6.07, 6.45) is 0.721. The van der Waals surface area contributed by atoms with Gasteiger partial charge in [-0.05, 0) is 6.42 Å². The van der Waals surface area contributed by atoms with Crippen molar-refractivity contribution in [3.8, 4) is 22.6 Å². The number of aromatic nitrogens is 1. The van der Waals surface area contributed by atoms with Gasteiger partial charge in [-0.25, -0.2) is 4.98 Å². The Labute approximate surface area is 134 Å². The molecule has 1 aliphatic carbocycles. The number of nitrogens with zero attached hydrogens (tertiary/aromatic N) is 1. The number of nitrogens with two attached hydrogens (primary N) is 1. The fourth-order valence-electron chi connectivity index (χ4n) is 2.85. The molecule has 1 unspecified atom stereocenters. The Morgan fingerprint density at radius 3 is 2.17 bits per heavy atom. The number of benzene rings is 2. The van der Waals surface area contributed by atoms with Crippen LogP contribution in [0, 0.1) is 5.92 Å². The third-order valence-corrected chi connectivity index (χ3v) is 4.20. The van der Waals surface area contributed by atoms with Gasteiger partial charge in [0.2, 0.25) is 5.91 Å². The maximum atomic E-state index is 11.3. The summed E-state index contributed by atoms with van der Waals surface area (Å²) in [6.45, 7) is 0. The summed E-state index contributed by atoms with van der Waals surface area (Å²) >= 11 is 0. The summed E-state index contributed by atoms with van der Waals surface area (Å²) in [5.74, 6) is 0.914. The molecule has 2 N–H and O–H groups in total. The summed E-state index contributed by atoms with van der Waals surface area (Å²) < 4.78 is 6.04. The summed E-state index contributed by atoms with van der Waals surface area (Å²) in [7, 11) is 0. The van der Waals surface area contributed by atoms with Crippen LogP contribution in [0.15, 0.2) is 65.1 Å². The van der Waals surface area contributed by atoms with Gasteiger partial charge in [0.15, 0.2) is 11.7 Å². The van der Waals surface area contributed by atoms with Crippen molar-refractivity contribution < 1.29 is 9.21 Å². The van der Waals surface area contributed by atoms with Crippen molar-refractivity contribution in [1.29, 1.82) is 0 Å². The minimum absolute atomic E-state index is 0.00687. The summed E-state index contributed by atoms with van der Waals surface area (Å²) in [5.41, 5.74) is 8.16. The second kappa shape index (κ2) is 5.39. The van der Waals surface area contributed by atoms with Crippen molar-refractivity contribution >= 4 is 5.91 Å². The third kappa shape index (κ3) is 2.52. The molecule has 1 heterocycles. The zero-order chi connectivity index (χ0) is 15.8. The molecule has 4 heteroatoms. The highest BCUT2D eigenvalue weighted by Crippen LogP contribution is 2.48. The second-order valence-corrected chi connectivity index (χ2v) is 5.81. The van der Waals surface area contributed by atoms with Crippen LogP contribution in [0.3, 0.4) is 0 Å². The number of primary amides is 1. The molecular weight excluding hydrogens is 288 g/mol. The number of carbonyl (C=O) groups excluding carboxylic acids is 1. The molecule has 3 aromatic rings. The summed E-state index contributed by atoms with van der Waals surface area (Å²) in [4.78, 5) is 16.0. The van der Waals surface area contributed by atoms with Crippen molar-refractivity contribution in [2.45, 2.75) is 12.3 Å². The Morgan fingerprint density at radius 1 is 1.00 bits per heavy atom. The van der Waals surface area contributed by atoms with E-state index < -0.39 is 0 Å². The highest BCUT2D eigenvalue weighted by atomic mass is 16.4. The van der Waals surface area contributed by atoms with Gasteiger partial charge in [0.1, 0.15) is 5.69 Å². The van der Waals surface area contributed by atoms with Gasteiger partial charge >= 0.3 is 0 Å². The largest absolute Gasteiger partial charge is 0.440 e. The number of oxazole rings is 1. The molecule has 23 heavy (non-hydrogen) atoms. The van der Waals surface area contributed by atoms with Crippen molar-refractivity contribution in [1.82, 2.24) is 4.98 Å². The van der Waals surface area contributed by atoms with Crippen LogP contribution in [0.2, 0.25) is 0 Å². The Balaban J connectivity index is 1.81. The first-order valence-corrected chi connectivity index (χ1v) is 7.65. The molecule has 1 saturated carbocycles. The number of rotatable bonds is 4. The van der Waals surface area contributed by atoms with Crippen LogP contribution in [0.5, 0.6) is 0 Å². The third-order valence-electron chi connectivity index (χ3n) is 4.20. The molecule has 0 saturated heterocycles. The average molecular weight is 304 g/mol. The van der Waals surface area contributed by atoms with Gasteiger partial charge in [0.05, 0.1) is 5.92 Å². The molecule has 0 aliphatic heterocycles. The van der Waals surface area contributed by atoms with Gasteiger partial charge in [0.25, 0.3) is 0 Å². The number of amides is 1. The molecule has 0 radical (unpaired) electrons. The molecule has 1 fully saturated rings. The van der Waals surface area contributed by atoms with Crippen LogP contribution < -0.4 is 5.73 Å². The Hall–Kier alpha value is -2.88. The quantitative estimate of drug-likeness (QED) is 0.800. The SMILES string of the molecule is NC(=O)C1C[C@@H]1c1nc(-c2ccccc2)c(-c2ccccc2)o1. The molecule has 1 aliphatic rings. The van der Waals surface area contributed by atoms with Crippen LogP contribution in [-0.4, -0.2) is 10.9 Å².